The number of nitro groups is 1. The third-order valence-electron chi connectivity index (χ3n) is 4.20. The molecule has 1 aromatic heterocycles. The van der Waals surface area contributed by atoms with Gasteiger partial charge in [0.25, 0.3) is 0 Å². The second-order valence-corrected chi connectivity index (χ2v) is 5.82. The maximum absolute atomic E-state index is 11.3. The molecule has 0 aliphatic heterocycles. The summed E-state index contributed by atoms with van der Waals surface area (Å²) in [6.45, 7) is 3.25. The molecule has 2 atom stereocenters. The molecule has 0 bridgehead atoms. The molecule has 21 heavy (non-hydrogen) atoms. The van der Waals surface area contributed by atoms with Crippen molar-refractivity contribution in [2.75, 3.05) is 18.0 Å². The molecule has 116 valence electrons. The second kappa shape index (κ2) is 7.04. The van der Waals surface area contributed by atoms with Crippen LogP contribution in [0.4, 0.5) is 11.5 Å². The van der Waals surface area contributed by atoms with Crippen molar-refractivity contribution >= 4 is 23.1 Å². The summed E-state index contributed by atoms with van der Waals surface area (Å²) in [6.07, 6.45) is 5.83. The fourth-order valence-corrected chi connectivity index (χ4v) is 3.34. The molecular formula is C14H21ClN4O2. The fourth-order valence-electron chi connectivity index (χ4n) is 3.19. The molecule has 0 spiro atoms. The summed E-state index contributed by atoms with van der Waals surface area (Å²) >= 11 is 5.85. The Hall–Kier alpha value is -1.40. The lowest BCUT2D eigenvalue weighted by Gasteiger charge is -2.39. The van der Waals surface area contributed by atoms with E-state index in [0.717, 1.165) is 19.3 Å². The van der Waals surface area contributed by atoms with Gasteiger partial charge in [0.15, 0.2) is 0 Å². The molecule has 1 heterocycles. The van der Waals surface area contributed by atoms with Gasteiger partial charge in [-0.2, -0.15) is 0 Å². The third-order valence-corrected chi connectivity index (χ3v) is 4.40. The van der Waals surface area contributed by atoms with Crippen LogP contribution in [0.5, 0.6) is 0 Å². The molecular weight excluding hydrogens is 292 g/mol. The van der Waals surface area contributed by atoms with Gasteiger partial charge in [0.2, 0.25) is 5.82 Å². The van der Waals surface area contributed by atoms with Gasteiger partial charge in [-0.1, -0.05) is 24.4 Å². The number of hydrogen-bond donors (Lipinski definition) is 1. The largest absolute Gasteiger partial charge is 0.348 e. The van der Waals surface area contributed by atoms with Gasteiger partial charge in [-0.15, -0.1) is 0 Å². The predicted molar refractivity (Wildman–Crippen MR) is 83.7 cm³/mol. The Morgan fingerprint density at radius 3 is 2.86 bits per heavy atom. The van der Waals surface area contributed by atoms with Crippen molar-refractivity contribution in [3.63, 3.8) is 0 Å². The summed E-state index contributed by atoms with van der Waals surface area (Å²) in [5.74, 6) is 0.757. The quantitative estimate of drug-likeness (QED) is 0.667. The van der Waals surface area contributed by atoms with E-state index in [1.54, 1.807) is 0 Å². The van der Waals surface area contributed by atoms with Crippen LogP contribution in [0, 0.1) is 16.0 Å². The number of pyridine rings is 1. The number of aromatic nitrogens is 1. The van der Waals surface area contributed by atoms with Gasteiger partial charge >= 0.3 is 5.69 Å². The van der Waals surface area contributed by atoms with Crippen LogP contribution in [0.1, 0.15) is 32.6 Å². The van der Waals surface area contributed by atoms with Crippen molar-refractivity contribution in [2.45, 2.75) is 38.6 Å². The van der Waals surface area contributed by atoms with Crippen LogP contribution in [0.3, 0.4) is 0 Å². The molecule has 2 N–H and O–H groups in total. The molecule has 2 unspecified atom stereocenters. The number of hydrogen-bond acceptors (Lipinski definition) is 5. The first kappa shape index (κ1) is 16.0. The fraction of sp³-hybridized carbons (Fsp3) is 0.643. The minimum atomic E-state index is -0.419. The Bertz CT molecular complexity index is 512. The first-order valence-corrected chi connectivity index (χ1v) is 7.72. The lowest BCUT2D eigenvalue weighted by Crippen LogP contribution is -2.45. The van der Waals surface area contributed by atoms with Gasteiger partial charge in [0, 0.05) is 24.8 Å². The Kier molecular flexibility index (Phi) is 5.36. The monoisotopic (exact) mass is 312 g/mol. The van der Waals surface area contributed by atoms with Crippen molar-refractivity contribution in [1.29, 1.82) is 0 Å². The maximum Gasteiger partial charge on any atom is 0.313 e. The average molecular weight is 313 g/mol. The number of anilines is 1. The van der Waals surface area contributed by atoms with E-state index >= 15 is 0 Å². The number of nitrogens with two attached hydrogens (primary N) is 1. The highest BCUT2D eigenvalue weighted by molar-refractivity contribution is 6.30. The smallest absolute Gasteiger partial charge is 0.313 e. The molecule has 7 heteroatoms. The maximum atomic E-state index is 11.3. The zero-order valence-electron chi connectivity index (χ0n) is 12.2. The first-order chi connectivity index (χ1) is 10.1. The zero-order chi connectivity index (χ0) is 15.4. The number of halogens is 1. The second-order valence-electron chi connectivity index (χ2n) is 5.39. The normalized spacial score (nSPS) is 22.0. The van der Waals surface area contributed by atoms with Crippen molar-refractivity contribution in [3.8, 4) is 0 Å². The predicted octanol–water partition coefficient (Wildman–Crippen LogP) is 2.99. The highest BCUT2D eigenvalue weighted by atomic mass is 35.5. The summed E-state index contributed by atoms with van der Waals surface area (Å²) in [5.41, 5.74) is 5.85. The zero-order valence-corrected chi connectivity index (χ0v) is 12.9. The van der Waals surface area contributed by atoms with Gasteiger partial charge in [-0.3, -0.25) is 10.1 Å². The van der Waals surface area contributed by atoms with Gasteiger partial charge in [-0.05, 0) is 32.2 Å². The van der Waals surface area contributed by atoms with Crippen LogP contribution in [0.25, 0.3) is 0 Å². The van der Waals surface area contributed by atoms with Crippen LogP contribution in [-0.2, 0) is 0 Å². The molecule has 0 radical (unpaired) electrons. The Labute approximate surface area is 129 Å². The van der Waals surface area contributed by atoms with E-state index in [0.29, 0.717) is 24.8 Å². The molecule has 1 aliphatic carbocycles. The molecule has 0 saturated heterocycles. The summed E-state index contributed by atoms with van der Waals surface area (Å²) in [7, 11) is 0. The van der Waals surface area contributed by atoms with Gasteiger partial charge in [0.05, 0.1) is 9.95 Å². The molecule has 1 fully saturated rings. The standard InChI is InChI=1S/C14H21ClN4O2/c1-2-18(12-6-4-3-5-10(12)8-16)14-13(19(20)21)7-11(15)9-17-14/h7,9-10,12H,2-6,8,16H2,1H3. The van der Waals surface area contributed by atoms with E-state index in [-0.39, 0.29) is 16.8 Å². The number of nitrogens with zero attached hydrogens (tertiary/aromatic N) is 3. The summed E-state index contributed by atoms with van der Waals surface area (Å²) < 4.78 is 0. The Balaban J connectivity index is 2.38. The van der Waals surface area contributed by atoms with E-state index in [1.807, 2.05) is 11.8 Å². The minimum absolute atomic E-state index is 0.0364. The highest BCUT2D eigenvalue weighted by Crippen LogP contribution is 2.35. The van der Waals surface area contributed by atoms with E-state index < -0.39 is 4.92 Å². The molecule has 6 nitrogen and oxygen atoms in total. The molecule has 1 aromatic rings. The van der Waals surface area contributed by atoms with Crippen molar-refractivity contribution in [2.24, 2.45) is 11.7 Å². The number of rotatable bonds is 5. The lowest BCUT2D eigenvalue weighted by molar-refractivity contribution is -0.384. The van der Waals surface area contributed by atoms with Crippen LogP contribution in [0.2, 0.25) is 5.02 Å². The van der Waals surface area contributed by atoms with Gasteiger partial charge < -0.3 is 10.6 Å². The SMILES string of the molecule is CCN(c1ncc(Cl)cc1[N+](=O)[O-])C1CCCCC1CN. The van der Waals surface area contributed by atoms with E-state index in [1.165, 1.54) is 18.7 Å². The summed E-state index contributed by atoms with van der Waals surface area (Å²) in [6, 6.07) is 1.58. The van der Waals surface area contributed by atoms with E-state index in [4.69, 9.17) is 17.3 Å². The lowest BCUT2D eigenvalue weighted by atomic mass is 9.83. The van der Waals surface area contributed by atoms with Crippen molar-refractivity contribution in [1.82, 2.24) is 4.98 Å². The van der Waals surface area contributed by atoms with Crippen LogP contribution in [-0.4, -0.2) is 29.0 Å². The van der Waals surface area contributed by atoms with Crippen LogP contribution >= 0.6 is 11.6 Å². The van der Waals surface area contributed by atoms with Crippen molar-refractivity contribution < 1.29 is 4.92 Å². The van der Waals surface area contributed by atoms with Gasteiger partial charge in [0.1, 0.15) is 0 Å². The van der Waals surface area contributed by atoms with Crippen LogP contribution in [0.15, 0.2) is 12.3 Å². The molecule has 2 rings (SSSR count). The van der Waals surface area contributed by atoms with E-state index in [2.05, 4.69) is 4.98 Å². The van der Waals surface area contributed by atoms with Crippen LogP contribution < -0.4 is 10.6 Å². The summed E-state index contributed by atoms with van der Waals surface area (Å²) in [4.78, 5) is 17.1. The molecule has 0 amide bonds. The summed E-state index contributed by atoms with van der Waals surface area (Å²) in [5, 5.41) is 11.6. The van der Waals surface area contributed by atoms with E-state index in [9.17, 15) is 10.1 Å². The third kappa shape index (κ3) is 3.44. The topological polar surface area (TPSA) is 85.3 Å². The average Bonchev–Trinajstić information content (AvgIpc) is 2.49. The molecule has 0 aromatic carbocycles. The molecule has 1 aliphatic rings. The molecule has 1 saturated carbocycles. The Morgan fingerprint density at radius 2 is 2.24 bits per heavy atom. The van der Waals surface area contributed by atoms with Gasteiger partial charge in [-0.25, -0.2) is 4.98 Å². The highest BCUT2D eigenvalue weighted by Gasteiger charge is 2.32. The minimum Gasteiger partial charge on any atom is -0.348 e. The first-order valence-electron chi connectivity index (χ1n) is 7.35. The Morgan fingerprint density at radius 1 is 1.52 bits per heavy atom. The van der Waals surface area contributed by atoms with Crippen molar-refractivity contribution in [3.05, 3.63) is 27.4 Å².